The average molecular weight is 353 g/mol. The van der Waals surface area contributed by atoms with Crippen LogP contribution in [0.15, 0.2) is 88.9 Å². The van der Waals surface area contributed by atoms with Crippen molar-refractivity contribution in [3.8, 4) is 0 Å². The molecule has 25 heavy (non-hydrogen) atoms. The minimum Gasteiger partial charge on any atom is -0.468 e. The molecule has 3 aromatic rings. The lowest BCUT2D eigenvalue weighted by Gasteiger charge is -2.19. The molecule has 0 atom stereocenters. The largest absolute Gasteiger partial charge is 0.468 e. The lowest BCUT2D eigenvalue weighted by molar-refractivity contribution is 0.362. The topological polar surface area (TPSA) is 50.5 Å². The van der Waals surface area contributed by atoms with Crippen molar-refractivity contribution in [3.63, 3.8) is 0 Å². The van der Waals surface area contributed by atoms with Gasteiger partial charge in [0, 0.05) is 12.0 Å². The average Bonchev–Trinajstić information content (AvgIpc) is 3.15. The molecule has 0 bridgehead atoms. The fourth-order valence-electron chi connectivity index (χ4n) is 2.41. The van der Waals surface area contributed by atoms with Gasteiger partial charge >= 0.3 is 0 Å². The van der Waals surface area contributed by atoms with Crippen LogP contribution in [0.1, 0.15) is 16.9 Å². The summed E-state index contributed by atoms with van der Waals surface area (Å²) in [5.41, 5.74) is 1.76. The van der Waals surface area contributed by atoms with Crippen LogP contribution in [0.5, 0.6) is 0 Å². The summed E-state index contributed by atoms with van der Waals surface area (Å²) >= 11 is 0. The number of sulfonamides is 1. The highest BCUT2D eigenvalue weighted by molar-refractivity contribution is 7.92. The molecule has 0 amide bonds. The van der Waals surface area contributed by atoms with Gasteiger partial charge in [0.15, 0.2) is 0 Å². The molecule has 0 fully saturated rings. The van der Waals surface area contributed by atoms with Gasteiger partial charge in [0.25, 0.3) is 0 Å². The molecule has 0 spiro atoms. The van der Waals surface area contributed by atoms with Crippen LogP contribution in [0, 0.1) is 0 Å². The zero-order valence-electron chi connectivity index (χ0n) is 13.7. The molecule has 0 aliphatic rings. The first-order valence-corrected chi connectivity index (χ1v) is 9.43. The van der Waals surface area contributed by atoms with Crippen LogP contribution in [0.4, 0.5) is 0 Å². The summed E-state index contributed by atoms with van der Waals surface area (Å²) in [4.78, 5) is 0. The minimum absolute atomic E-state index is 0.184. The second-order valence-electron chi connectivity index (χ2n) is 5.59. The summed E-state index contributed by atoms with van der Waals surface area (Å²) in [6.45, 7) is 0.465. The number of hydrogen-bond donors (Lipinski definition) is 0. The van der Waals surface area contributed by atoms with Crippen molar-refractivity contribution in [2.45, 2.75) is 13.1 Å². The third-order valence-electron chi connectivity index (χ3n) is 3.71. The van der Waals surface area contributed by atoms with Crippen LogP contribution in [0.3, 0.4) is 0 Å². The lowest BCUT2D eigenvalue weighted by atomic mass is 10.2. The number of rotatable bonds is 7. The molecule has 2 aromatic carbocycles. The van der Waals surface area contributed by atoms with E-state index in [1.807, 2.05) is 60.7 Å². The first-order valence-electron chi connectivity index (χ1n) is 7.93. The molecule has 0 N–H and O–H groups in total. The molecule has 0 radical (unpaired) electrons. The van der Waals surface area contributed by atoms with E-state index >= 15 is 0 Å². The van der Waals surface area contributed by atoms with Gasteiger partial charge in [-0.15, -0.1) is 0 Å². The Kier molecular flexibility index (Phi) is 5.48. The van der Waals surface area contributed by atoms with E-state index in [9.17, 15) is 8.42 Å². The van der Waals surface area contributed by atoms with Gasteiger partial charge in [-0.05, 0) is 29.3 Å². The molecular formula is C20H19NO3S. The number of furan rings is 1. The van der Waals surface area contributed by atoms with E-state index in [2.05, 4.69) is 0 Å². The van der Waals surface area contributed by atoms with Gasteiger partial charge in [-0.25, -0.2) is 8.42 Å². The van der Waals surface area contributed by atoms with Crippen molar-refractivity contribution in [2.75, 3.05) is 0 Å². The zero-order valence-corrected chi connectivity index (χ0v) is 14.5. The molecule has 0 aliphatic heterocycles. The van der Waals surface area contributed by atoms with E-state index in [4.69, 9.17) is 4.42 Å². The summed E-state index contributed by atoms with van der Waals surface area (Å²) in [7, 11) is -3.60. The van der Waals surface area contributed by atoms with Gasteiger partial charge in [-0.1, -0.05) is 60.7 Å². The van der Waals surface area contributed by atoms with Crippen molar-refractivity contribution in [1.82, 2.24) is 4.31 Å². The van der Waals surface area contributed by atoms with Crippen molar-refractivity contribution < 1.29 is 12.8 Å². The molecule has 1 heterocycles. The first kappa shape index (κ1) is 17.2. The first-order chi connectivity index (χ1) is 12.1. The third kappa shape index (κ3) is 4.92. The maximum Gasteiger partial charge on any atom is 0.236 e. The summed E-state index contributed by atoms with van der Waals surface area (Å²) in [6, 6.07) is 22.4. The van der Waals surface area contributed by atoms with E-state index in [0.29, 0.717) is 5.76 Å². The second-order valence-corrected chi connectivity index (χ2v) is 7.41. The van der Waals surface area contributed by atoms with Crippen LogP contribution < -0.4 is 0 Å². The Bertz CT molecular complexity index is 902. The molecule has 5 heteroatoms. The van der Waals surface area contributed by atoms with Gasteiger partial charge in [0.05, 0.1) is 12.8 Å². The van der Waals surface area contributed by atoms with E-state index in [1.54, 1.807) is 24.5 Å². The fraction of sp³-hybridized carbons (Fsp3) is 0.100. The van der Waals surface area contributed by atoms with Crippen LogP contribution in [0.2, 0.25) is 0 Å². The molecule has 1 aromatic heterocycles. The second kappa shape index (κ2) is 7.96. The number of benzene rings is 2. The summed E-state index contributed by atoms with van der Waals surface area (Å²) in [5.74, 6) is 0.604. The lowest BCUT2D eigenvalue weighted by Crippen LogP contribution is -2.28. The minimum atomic E-state index is -3.60. The molecule has 128 valence electrons. The van der Waals surface area contributed by atoms with E-state index in [0.717, 1.165) is 11.1 Å². The summed E-state index contributed by atoms with van der Waals surface area (Å²) in [6.07, 6.45) is 3.15. The summed E-state index contributed by atoms with van der Waals surface area (Å²) < 4.78 is 32.4. The zero-order chi connectivity index (χ0) is 17.5. The molecule has 4 nitrogen and oxygen atoms in total. The Labute approximate surface area is 148 Å². The number of hydrogen-bond acceptors (Lipinski definition) is 3. The highest BCUT2D eigenvalue weighted by atomic mass is 32.2. The van der Waals surface area contributed by atoms with Crippen LogP contribution >= 0.6 is 0 Å². The molecule has 0 saturated heterocycles. The maximum absolute atomic E-state index is 12.8. The Hall–Kier alpha value is -2.63. The van der Waals surface area contributed by atoms with Crippen molar-refractivity contribution >= 4 is 16.1 Å². The Morgan fingerprint density at radius 3 is 2.16 bits per heavy atom. The molecule has 0 aliphatic carbocycles. The predicted molar refractivity (Wildman–Crippen MR) is 98.8 cm³/mol. The monoisotopic (exact) mass is 353 g/mol. The fourth-order valence-corrected chi connectivity index (χ4v) is 3.55. The Morgan fingerprint density at radius 2 is 1.52 bits per heavy atom. The molecule has 0 unspecified atom stereocenters. The maximum atomic E-state index is 12.8. The Balaban J connectivity index is 1.85. The SMILES string of the molecule is O=S(=O)(C=Cc1ccccc1)N(Cc1ccccc1)Cc1ccco1. The van der Waals surface area contributed by atoms with Gasteiger partial charge in [-0.3, -0.25) is 0 Å². The van der Waals surface area contributed by atoms with Crippen LogP contribution in [-0.2, 0) is 23.1 Å². The highest BCUT2D eigenvalue weighted by Gasteiger charge is 2.21. The van der Waals surface area contributed by atoms with E-state index < -0.39 is 10.0 Å². The van der Waals surface area contributed by atoms with Gasteiger partial charge in [0.2, 0.25) is 10.0 Å². The van der Waals surface area contributed by atoms with Crippen molar-refractivity contribution in [1.29, 1.82) is 0 Å². The molecule has 0 saturated carbocycles. The quantitative estimate of drug-likeness (QED) is 0.637. The van der Waals surface area contributed by atoms with E-state index in [1.165, 1.54) is 9.71 Å². The third-order valence-corrected chi connectivity index (χ3v) is 5.16. The number of nitrogens with zero attached hydrogens (tertiary/aromatic N) is 1. The van der Waals surface area contributed by atoms with Gasteiger partial charge in [0.1, 0.15) is 5.76 Å². The van der Waals surface area contributed by atoms with Crippen molar-refractivity contribution in [2.24, 2.45) is 0 Å². The van der Waals surface area contributed by atoms with Crippen molar-refractivity contribution in [3.05, 3.63) is 101 Å². The van der Waals surface area contributed by atoms with Crippen LogP contribution in [0.25, 0.3) is 6.08 Å². The van der Waals surface area contributed by atoms with E-state index in [-0.39, 0.29) is 13.1 Å². The normalized spacial score (nSPS) is 12.0. The van der Waals surface area contributed by atoms with Gasteiger partial charge < -0.3 is 4.42 Å². The smallest absolute Gasteiger partial charge is 0.236 e. The molecular weight excluding hydrogens is 334 g/mol. The highest BCUT2D eigenvalue weighted by Crippen LogP contribution is 2.17. The molecule has 3 rings (SSSR count). The van der Waals surface area contributed by atoms with Gasteiger partial charge in [-0.2, -0.15) is 4.31 Å². The Morgan fingerprint density at radius 1 is 0.840 bits per heavy atom. The standard InChI is InChI=1S/C20H19NO3S/c22-25(23,15-13-18-8-3-1-4-9-18)21(17-20-12-7-14-24-20)16-19-10-5-2-6-11-19/h1-15H,16-17H2. The van der Waals surface area contributed by atoms with Crippen LogP contribution in [-0.4, -0.2) is 12.7 Å². The predicted octanol–water partition coefficient (Wildman–Crippen LogP) is 4.28. The summed E-state index contributed by atoms with van der Waals surface area (Å²) in [5, 5.41) is 1.24.